The minimum atomic E-state index is -0.791. The molecule has 1 fully saturated rings. The van der Waals surface area contributed by atoms with Gasteiger partial charge in [0.15, 0.2) is 0 Å². The van der Waals surface area contributed by atoms with Crippen LogP contribution in [0.1, 0.15) is 53.3 Å². The van der Waals surface area contributed by atoms with Crippen molar-refractivity contribution in [3.8, 4) is 5.75 Å². The molecule has 0 spiro atoms. The molecule has 6 nitrogen and oxygen atoms in total. The van der Waals surface area contributed by atoms with Gasteiger partial charge >= 0.3 is 0 Å². The molecule has 43 heavy (non-hydrogen) atoms. The van der Waals surface area contributed by atoms with E-state index in [0.29, 0.717) is 23.6 Å². The molecule has 1 N–H and O–H groups in total. The molecule has 0 bridgehead atoms. The smallest absolute Gasteiger partial charge is 0.300 e. The van der Waals surface area contributed by atoms with Gasteiger partial charge in [-0.15, -0.1) is 0 Å². The van der Waals surface area contributed by atoms with Crippen molar-refractivity contribution in [3.63, 3.8) is 0 Å². The summed E-state index contributed by atoms with van der Waals surface area (Å²) in [6.45, 7) is 12.1. The number of hydrogen-bond donors (Lipinski definition) is 1. The van der Waals surface area contributed by atoms with Crippen LogP contribution in [-0.4, -0.2) is 29.9 Å². The number of nitrogens with zero attached hydrogens (tertiary/aromatic N) is 2. The maximum Gasteiger partial charge on any atom is 0.300 e. The first kappa shape index (κ1) is 29.6. The molecule has 1 atom stereocenters. The predicted molar refractivity (Wildman–Crippen MR) is 173 cm³/mol. The van der Waals surface area contributed by atoms with Crippen molar-refractivity contribution in [2.24, 2.45) is 0 Å². The largest absolute Gasteiger partial charge is 0.507 e. The summed E-state index contributed by atoms with van der Waals surface area (Å²) in [7, 11) is 0. The third kappa shape index (κ3) is 5.91. The van der Waals surface area contributed by atoms with Gasteiger partial charge in [-0.05, 0) is 98.8 Å². The summed E-state index contributed by atoms with van der Waals surface area (Å²) < 4.78 is 6.03. The van der Waals surface area contributed by atoms with Crippen molar-refractivity contribution in [3.05, 3.63) is 130 Å². The maximum atomic E-state index is 13.7. The van der Waals surface area contributed by atoms with E-state index < -0.39 is 17.7 Å². The SMILES string of the molecule is CCN(CC)c1ccc(C2/C(=C(/O)c3ccc(OCc4ccccc4)c(C)c3)C(=O)C(=O)N2c2cc(C)ccc2C)cc1. The van der Waals surface area contributed by atoms with E-state index in [-0.39, 0.29) is 11.3 Å². The first-order chi connectivity index (χ1) is 20.7. The van der Waals surface area contributed by atoms with E-state index in [0.717, 1.165) is 46.6 Å². The lowest BCUT2D eigenvalue weighted by Crippen LogP contribution is -2.30. The Hall–Kier alpha value is -4.84. The Morgan fingerprint density at radius 1 is 0.837 bits per heavy atom. The van der Waals surface area contributed by atoms with Crippen LogP contribution >= 0.6 is 0 Å². The molecule has 1 saturated heterocycles. The van der Waals surface area contributed by atoms with Crippen molar-refractivity contribution in [2.45, 2.75) is 47.3 Å². The summed E-state index contributed by atoms with van der Waals surface area (Å²) in [5.74, 6) is -0.896. The van der Waals surface area contributed by atoms with Crippen LogP contribution in [0.4, 0.5) is 11.4 Å². The number of carbonyl (C=O) groups is 2. The molecular weight excluding hydrogens is 536 g/mol. The third-order valence-electron chi connectivity index (χ3n) is 8.09. The van der Waals surface area contributed by atoms with E-state index in [1.165, 1.54) is 4.90 Å². The van der Waals surface area contributed by atoms with E-state index in [9.17, 15) is 14.7 Å². The number of carbonyl (C=O) groups excluding carboxylic acids is 2. The molecule has 0 aromatic heterocycles. The highest BCUT2D eigenvalue weighted by Crippen LogP contribution is 2.44. The van der Waals surface area contributed by atoms with E-state index in [1.807, 2.05) is 93.6 Å². The molecule has 1 aliphatic rings. The number of rotatable bonds is 9. The van der Waals surface area contributed by atoms with Crippen molar-refractivity contribution in [2.75, 3.05) is 22.9 Å². The summed E-state index contributed by atoms with van der Waals surface area (Å²) in [5.41, 5.74) is 6.67. The second-order valence-corrected chi connectivity index (χ2v) is 11.0. The van der Waals surface area contributed by atoms with E-state index in [1.54, 1.807) is 18.2 Å². The molecule has 4 aromatic rings. The second-order valence-electron chi connectivity index (χ2n) is 11.0. The van der Waals surface area contributed by atoms with Crippen LogP contribution < -0.4 is 14.5 Å². The molecule has 1 amide bonds. The number of anilines is 2. The zero-order valence-electron chi connectivity index (χ0n) is 25.4. The third-order valence-corrected chi connectivity index (χ3v) is 8.09. The molecule has 0 aliphatic carbocycles. The first-order valence-electron chi connectivity index (χ1n) is 14.7. The summed E-state index contributed by atoms with van der Waals surface area (Å²) in [5, 5.41) is 11.7. The Bertz CT molecular complexity index is 1670. The monoisotopic (exact) mass is 574 g/mol. The van der Waals surface area contributed by atoms with Crippen LogP contribution in [0.15, 0.2) is 96.6 Å². The fourth-order valence-corrected chi connectivity index (χ4v) is 5.68. The average molecular weight is 575 g/mol. The highest BCUT2D eigenvalue weighted by molar-refractivity contribution is 6.51. The number of aryl methyl sites for hydroxylation is 3. The summed E-state index contributed by atoms with van der Waals surface area (Å²) in [4.78, 5) is 31.2. The first-order valence-corrected chi connectivity index (χ1v) is 14.7. The predicted octanol–water partition coefficient (Wildman–Crippen LogP) is 7.66. The fraction of sp³-hybridized carbons (Fsp3) is 0.243. The Kier molecular flexibility index (Phi) is 8.67. The number of Topliss-reactive ketones (excluding diaryl/α,β-unsaturated/α-hetero) is 1. The molecule has 5 rings (SSSR count). The van der Waals surface area contributed by atoms with Crippen molar-refractivity contribution >= 4 is 28.8 Å². The quantitative estimate of drug-likeness (QED) is 0.126. The van der Waals surface area contributed by atoms with E-state index in [4.69, 9.17) is 4.74 Å². The molecule has 6 heteroatoms. The summed E-state index contributed by atoms with van der Waals surface area (Å²) in [6.07, 6.45) is 0. The lowest BCUT2D eigenvalue weighted by molar-refractivity contribution is -0.132. The number of aliphatic hydroxyl groups is 1. The maximum absolute atomic E-state index is 13.7. The number of ether oxygens (including phenoxy) is 1. The molecule has 1 heterocycles. The summed E-state index contributed by atoms with van der Waals surface area (Å²) in [6, 6.07) is 28.2. The number of amides is 1. The lowest BCUT2D eigenvalue weighted by Gasteiger charge is -2.28. The van der Waals surface area contributed by atoms with Crippen molar-refractivity contribution in [1.82, 2.24) is 0 Å². The molecule has 1 aliphatic heterocycles. The molecular formula is C37H38N2O4. The fourth-order valence-electron chi connectivity index (χ4n) is 5.68. The van der Waals surface area contributed by atoms with Gasteiger partial charge in [0.05, 0.1) is 11.6 Å². The standard InChI is InChI=1S/C37H38N2O4/c1-6-38(7-2)30-18-15-28(16-19-30)34-33(36(41)37(42)39(34)31-21-24(3)13-14-25(31)4)35(40)29-17-20-32(26(5)22-29)43-23-27-11-9-8-10-12-27/h8-22,34,40H,6-7,23H2,1-5H3/b35-33-. The lowest BCUT2D eigenvalue weighted by atomic mass is 9.94. The van der Waals surface area contributed by atoms with Crippen molar-refractivity contribution in [1.29, 1.82) is 0 Å². The molecule has 0 saturated carbocycles. The van der Waals surface area contributed by atoms with Crippen LogP contribution in [0.5, 0.6) is 5.75 Å². The van der Waals surface area contributed by atoms with Gasteiger partial charge in [0.1, 0.15) is 18.1 Å². The van der Waals surface area contributed by atoms with Crippen LogP contribution in [0.2, 0.25) is 0 Å². The zero-order valence-corrected chi connectivity index (χ0v) is 25.4. The molecule has 220 valence electrons. The Morgan fingerprint density at radius 3 is 2.19 bits per heavy atom. The Morgan fingerprint density at radius 2 is 1.53 bits per heavy atom. The van der Waals surface area contributed by atoms with Crippen molar-refractivity contribution < 1.29 is 19.4 Å². The highest BCUT2D eigenvalue weighted by Gasteiger charge is 2.47. The number of benzene rings is 4. The van der Waals surface area contributed by atoms with Gasteiger partial charge in [-0.1, -0.05) is 54.6 Å². The van der Waals surface area contributed by atoms with Gasteiger partial charge < -0.3 is 14.7 Å². The van der Waals surface area contributed by atoms with Gasteiger partial charge in [0.25, 0.3) is 11.7 Å². The number of ketones is 1. The van der Waals surface area contributed by atoms with E-state index >= 15 is 0 Å². The Balaban J connectivity index is 1.59. The zero-order chi connectivity index (χ0) is 30.7. The van der Waals surface area contributed by atoms with Crippen LogP contribution in [0.3, 0.4) is 0 Å². The minimum Gasteiger partial charge on any atom is -0.507 e. The normalized spacial score (nSPS) is 16.0. The van der Waals surface area contributed by atoms with Gasteiger partial charge in [-0.2, -0.15) is 0 Å². The number of aliphatic hydroxyl groups excluding tert-OH is 1. The van der Waals surface area contributed by atoms with Gasteiger partial charge in [-0.3, -0.25) is 14.5 Å². The van der Waals surface area contributed by atoms with E-state index in [2.05, 4.69) is 18.7 Å². The van der Waals surface area contributed by atoms with Crippen LogP contribution in [0.25, 0.3) is 5.76 Å². The highest BCUT2D eigenvalue weighted by atomic mass is 16.5. The minimum absolute atomic E-state index is 0.0684. The van der Waals surface area contributed by atoms with Crippen LogP contribution in [0, 0.1) is 20.8 Å². The second kappa shape index (κ2) is 12.6. The van der Waals surface area contributed by atoms with Gasteiger partial charge in [0.2, 0.25) is 0 Å². The number of hydrogen-bond acceptors (Lipinski definition) is 5. The topological polar surface area (TPSA) is 70.1 Å². The molecule has 1 unspecified atom stereocenters. The van der Waals surface area contributed by atoms with Gasteiger partial charge in [0, 0.05) is 30.0 Å². The average Bonchev–Trinajstić information content (AvgIpc) is 3.28. The molecule has 4 aromatic carbocycles. The molecule has 0 radical (unpaired) electrons. The van der Waals surface area contributed by atoms with Crippen LogP contribution in [-0.2, 0) is 16.2 Å². The summed E-state index contributed by atoms with van der Waals surface area (Å²) >= 11 is 0. The Labute approximate surface area is 253 Å². The van der Waals surface area contributed by atoms with Gasteiger partial charge in [-0.25, -0.2) is 0 Å².